The van der Waals surface area contributed by atoms with Gasteiger partial charge in [-0.1, -0.05) is 24.3 Å². The molecule has 96 valence electrons. The van der Waals surface area contributed by atoms with E-state index in [9.17, 15) is 5.11 Å². The molecule has 18 heavy (non-hydrogen) atoms. The zero-order chi connectivity index (χ0) is 13.2. The lowest BCUT2D eigenvalue weighted by atomic mass is 9.89. The van der Waals surface area contributed by atoms with Gasteiger partial charge in [0, 0.05) is 4.88 Å². The molecule has 2 aromatic rings. The number of hydrogen-bond donors (Lipinski definition) is 1. The molecule has 1 aromatic carbocycles. The van der Waals surface area contributed by atoms with E-state index < -0.39 is 5.60 Å². The van der Waals surface area contributed by atoms with Crippen LogP contribution in [-0.2, 0) is 12.0 Å². The van der Waals surface area contributed by atoms with Crippen molar-refractivity contribution in [2.45, 2.75) is 39.2 Å². The topological polar surface area (TPSA) is 20.2 Å². The Morgan fingerprint density at radius 2 is 1.94 bits per heavy atom. The van der Waals surface area contributed by atoms with Gasteiger partial charge in [-0.05, 0) is 61.7 Å². The molecular formula is C16H20OS. The Morgan fingerprint density at radius 3 is 2.56 bits per heavy atom. The second kappa shape index (κ2) is 5.25. The summed E-state index contributed by atoms with van der Waals surface area (Å²) in [6, 6.07) is 10.4. The summed E-state index contributed by atoms with van der Waals surface area (Å²) in [7, 11) is 0. The summed E-state index contributed by atoms with van der Waals surface area (Å²) >= 11 is 1.75. The Labute approximate surface area is 113 Å². The van der Waals surface area contributed by atoms with Crippen LogP contribution in [0.4, 0.5) is 0 Å². The van der Waals surface area contributed by atoms with Crippen LogP contribution < -0.4 is 0 Å². The normalized spacial score (nSPS) is 14.4. The maximum Gasteiger partial charge on any atom is 0.0872 e. The Hall–Kier alpha value is -1.12. The molecule has 0 radical (unpaired) electrons. The van der Waals surface area contributed by atoms with Crippen LogP contribution in [-0.4, -0.2) is 5.11 Å². The Bertz CT molecular complexity index is 512. The highest BCUT2D eigenvalue weighted by Gasteiger charge is 2.23. The molecule has 0 aliphatic carbocycles. The van der Waals surface area contributed by atoms with Gasteiger partial charge >= 0.3 is 0 Å². The maximum absolute atomic E-state index is 10.6. The van der Waals surface area contributed by atoms with Gasteiger partial charge in [0.15, 0.2) is 0 Å². The van der Waals surface area contributed by atoms with Gasteiger partial charge in [-0.15, -0.1) is 11.3 Å². The van der Waals surface area contributed by atoms with Crippen molar-refractivity contribution >= 4 is 11.3 Å². The van der Waals surface area contributed by atoms with E-state index in [1.54, 1.807) is 11.3 Å². The Kier molecular flexibility index (Phi) is 3.88. The fourth-order valence-corrected chi connectivity index (χ4v) is 2.75. The summed E-state index contributed by atoms with van der Waals surface area (Å²) in [5.41, 5.74) is 2.78. The highest BCUT2D eigenvalue weighted by atomic mass is 32.1. The monoisotopic (exact) mass is 260 g/mol. The van der Waals surface area contributed by atoms with Crippen molar-refractivity contribution < 1.29 is 5.11 Å². The van der Waals surface area contributed by atoms with E-state index in [2.05, 4.69) is 43.5 Å². The molecule has 1 nitrogen and oxygen atoms in total. The predicted molar refractivity (Wildman–Crippen MR) is 78.1 cm³/mol. The highest BCUT2D eigenvalue weighted by molar-refractivity contribution is 7.09. The first-order valence-corrected chi connectivity index (χ1v) is 7.19. The lowest BCUT2D eigenvalue weighted by Crippen LogP contribution is -2.22. The number of hydrogen-bond acceptors (Lipinski definition) is 2. The van der Waals surface area contributed by atoms with Crippen molar-refractivity contribution in [3.8, 4) is 0 Å². The lowest BCUT2D eigenvalue weighted by Gasteiger charge is -2.24. The van der Waals surface area contributed by atoms with Gasteiger partial charge in [-0.2, -0.15) is 0 Å². The molecule has 0 aliphatic rings. The molecule has 0 saturated carbocycles. The van der Waals surface area contributed by atoms with Crippen LogP contribution in [0.1, 0.15) is 34.9 Å². The molecule has 0 amide bonds. The minimum Gasteiger partial charge on any atom is -0.385 e. The van der Waals surface area contributed by atoms with Crippen molar-refractivity contribution in [2.24, 2.45) is 0 Å². The van der Waals surface area contributed by atoms with Gasteiger partial charge in [0.05, 0.1) is 5.60 Å². The van der Waals surface area contributed by atoms with Crippen LogP contribution in [0.15, 0.2) is 35.7 Å². The van der Waals surface area contributed by atoms with E-state index in [0.29, 0.717) is 0 Å². The Balaban J connectivity index is 2.11. The van der Waals surface area contributed by atoms with E-state index >= 15 is 0 Å². The van der Waals surface area contributed by atoms with E-state index in [-0.39, 0.29) is 0 Å². The average molecular weight is 260 g/mol. The molecule has 1 atom stereocenters. The molecule has 2 heteroatoms. The van der Waals surface area contributed by atoms with E-state index in [1.165, 1.54) is 16.0 Å². The minimum atomic E-state index is -0.748. The first-order valence-electron chi connectivity index (χ1n) is 6.31. The summed E-state index contributed by atoms with van der Waals surface area (Å²) in [5, 5.41) is 12.7. The van der Waals surface area contributed by atoms with Crippen molar-refractivity contribution in [1.82, 2.24) is 0 Å². The van der Waals surface area contributed by atoms with Crippen molar-refractivity contribution in [3.05, 3.63) is 57.3 Å². The van der Waals surface area contributed by atoms with Crippen molar-refractivity contribution in [2.75, 3.05) is 0 Å². The first-order chi connectivity index (χ1) is 8.49. The number of aryl methyl sites for hydroxylation is 3. The number of benzene rings is 1. The van der Waals surface area contributed by atoms with Gasteiger partial charge in [-0.25, -0.2) is 0 Å². The van der Waals surface area contributed by atoms with E-state index in [0.717, 1.165) is 18.4 Å². The van der Waals surface area contributed by atoms with Crippen LogP contribution >= 0.6 is 11.3 Å². The average Bonchev–Trinajstić information content (AvgIpc) is 2.83. The fourth-order valence-electron chi connectivity index (χ4n) is 2.04. The maximum atomic E-state index is 10.6. The molecule has 0 bridgehead atoms. The van der Waals surface area contributed by atoms with Crippen LogP contribution in [0, 0.1) is 13.8 Å². The fraction of sp³-hybridized carbons (Fsp3) is 0.375. The zero-order valence-electron chi connectivity index (χ0n) is 11.2. The van der Waals surface area contributed by atoms with Gasteiger partial charge in [0.1, 0.15) is 0 Å². The predicted octanol–water partition coefficient (Wildman–Crippen LogP) is 4.21. The van der Waals surface area contributed by atoms with Gasteiger partial charge in [0.2, 0.25) is 0 Å². The third-order valence-corrected chi connectivity index (χ3v) is 4.50. The third-order valence-electron chi connectivity index (χ3n) is 3.57. The third kappa shape index (κ3) is 3.01. The molecule has 1 unspecified atom stereocenters. The lowest BCUT2D eigenvalue weighted by molar-refractivity contribution is 0.0482. The standard InChI is InChI=1S/C16H20OS/c1-12-6-7-14(11-13(12)2)16(3,17)9-8-15-5-4-10-18-15/h4-7,10-11,17H,8-9H2,1-3H3. The van der Waals surface area contributed by atoms with Crippen LogP contribution in [0.3, 0.4) is 0 Å². The number of rotatable bonds is 4. The number of thiophene rings is 1. The van der Waals surface area contributed by atoms with Crippen LogP contribution in [0.5, 0.6) is 0 Å². The molecule has 0 aliphatic heterocycles. The quantitative estimate of drug-likeness (QED) is 0.873. The largest absolute Gasteiger partial charge is 0.385 e. The summed E-state index contributed by atoms with van der Waals surface area (Å²) in [6.07, 6.45) is 1.69. The van der Waals surface area contributed by atoms with Crippen LogP contribution in [0.25, 0.3) is 0 Å². The molecule has 0 fully saturated rings. The minimum absolute atomic E-state index is 0.748. The molecule has 1 N–H and O–H groups in total. The van der Waals surface area contributed by atoms with Crippen molar-refractivity contribution in [1.29, 1.82) is 0 Å². The van der Waals surface area contributed by atoms with E-state index in [1.807, 2.05) is 13.0 Å². The summed E-state index contributed by atoms with van der Waals surface area (Å²) in [6.45, 7) is 6.10. The SMILES string of the molecule is Cc1ccc(C(C)(O)CCc2cccs2)cc1C. The van der Waals surface area contributed by atoms with Gasteiger partial charge in [-0.3, -0.25) is 0 Å². The number of aliphatic hydroxyl groups is 1. The second-order valence-corrected chi connectivity index (χ2v) is 6.18. The van der Waals surface area contributed by atoms with Crippen molar-refractivity contribution in [3.63, 3.8) is 0 Å². The summed E-state index contributed by atoms with van der Waals surface area (Å²) in [4.78, 5) is 1.33. The molecule has 0 spiro atoms. The first kappa shape index (κ1) is 13.3. The zero-order valence-corrected chi connectivity index (χ0v) is 12.1. The summed E-state index contributed by atoms with van der Waals surface area (Å²) < 4.78 is 0. The van der Waals surface area contributed by atoms with E-state index in [4.69, 9.17) is 0 Å². The van der Waals surface area contributed by atoms with Gasteiger partial charge in [0.25, 0.3) is 0 Å². The molecule has 0 saturated heterocycles. The molecule has 1 heterocycles. The van der Waals surface area contributed by atoms with Crippen LogP contribution in [0.2, 0.25) is 0 Å². The molecule has 1 aromatic heterocycles. The summed E-state index contributed by atoms with van der Waals surface area (Å²) in [5.74, 6) is 0. The molecule has 2 rings (SSSR count). The second-order valence-electron chi connectivity index (χ2n) is 5.15. The Morgan fingerprint density at radius 1 is 1.17 bits per heavy atom. The smallest absolute Gasteiger partial charge is 0.0872 e. The van der Waals surface area contributed by atoms with Gasteiger partial charge < -0.3 is 5.11 Å². The molecular weight excluding hydrogens is 240 g/mol. The highest BCUT2D eigenvalue weighted by Crippen LogP contribution is 2.28.